The van der Waals surface area contributed by atoms with Crippen molar-refractivity contribution >= 4 is 5.91 Å². The van der Waals surface area contributed by atoms with Crippen molar-refractivity contribution in [1.82, 2.24) is 4.90 Å². The molecule has 1 amide bonds. The Morgan fingerprint density at radius 1 is 1.26 bits per heavy atom. The van der Waals surface area contributed by atoms with Crippen LogP contribution in [0.5, 0.6) is 0 Å². The number of halogens is 1. The van der Waals surface area contributed by atoms with E-state index < -0.39 is 5.41 Å². The van der Waals surface area contributed by atoms with E-state index in [1.165, 1.54) is 6.07 Å². The summed E-state index contributed by atoms with van der Waals surface area (Å²) in [5, 5.41) is 0. The normalized spacial score (nSPS) is 26.3. The summed E-state index contributed by atoms with van der Waals surface area (Å²) in [6.07, 6.45) is 4.27. The maximum absolute atomic E-state index is 14.4. The first-order chi connectivity index (χ1) is 10.9. The fraction of sp³-hybridized carbons (Fsp3) is 0.632. The second kappa shape index (κ2) is 5.90. The molecule has 0 spiro atoms. The molecule has 3 nitrogen and oxygen atoms in total. The van der Waals surface area contributed by atoms with Crippen LogP contribution in [-0.4, -0.2) is 29.9 Å². The zero-order valence-corrected chi connectivity index (χ0v) is 14.1. The molecular weight excluding hydrogens is 291 g/mol. The van der Waals surface area contributed by atoms with Crippen molar-refractivity contribution in [2.24, 2.45) is 11.1 Å². The number of nitrogens with two attached hydrogens (primary N) is 1. The highest BCUT2D eigenvalue weighted by Crippen LogP contribution is 2.44. The highest BCUT2D eigenvalue weighted by Gasteiger charge is 2.48. The third-order valence-electron chi connectivity index (χ3n) is 5.86. The summed E-state index contributed by atoms with van der Waals surface area (Å²) in [4.78, 5) is 15.3. The number of piperidine rings is 1. The Bertz CT molecular complexity index is 593. The van der Waals surface area contributed by atoms with Crippen LogP contribution < -0.4 is 5.73 Å². The first-order valence-corrected chi connectivity index (χ1v) is 8.67. The Kier molecular flexibility index (Phi) is 4.21. The van der Waals surface area contributed by atoms with Crippen LogP contribution in [0.1, 0.15) is 51.5 Å². The van der Waals surface area contributed by atoms with Crippen molar-refractivity contribution in [2.75, 3.05) is 13.1 Å². The molecule has 1 saturated carbocycles. The lowest BCUT2D eigenvalue weighted by atomic mass is 9.74. The van der Waals surface area contributed by atoms with Crippen molar-refractivity contribution in [3.63, 3.8) is 0 Å². The summed E-state index contributed by atoms with van der Waals surface area (Å²) in [7, 11) is 0. The van der Waals surface area contributed by atoms with Crippen LogP contribution in [0.4, 0.5) is 4.39 Å². The van der Waals surface area contributed by atoms with E-state index in [0.29, 0.717) is 18.7 Å². The van der Waals surface area contributed by atoms with Crippen molar-refractivity contribution in [2.45, 2.75) is 57.4 Å². The summed E-state index contributed by atoms with van der Waals surface area (Å²) in [6, 6.07) is 6.90. The van der Waals surface area contributed by atoms with Crippen LogP contribution in [0, 0.1) is 11.2 Å². The topological polar surface area (TPSA) is 46.3 Å². The molecule has 2 fully saturated rings. The minimum atomic E-state index is -0.678. The van der Waals surface area contributed by atoms with Gasteiger partial charge in [0, 0.05) is 24.7 Å². The van der Waals surface area contributed by atoms with E-state index in [-0.39, 0.29) is 23.2 Å². The third-order valence-corrected chi connectivity index (χ3v) is 5.86. The predicted octanol–water partition coefficient (Wildman–Crippen LogP) is 3.22. The van der Waals surface area contributed by atoms with Gasteiger partial charge in [0.1, 0.15) is 5.82 Å². The highest BCUT2D eigenvalue weighted by atomic mass is 19.1. The summed E-state index contributed by atoms with van der Waals surface area (Å²) in [5.41, 5.74) is 6.01. The fourth-order valence-corrected chi connectivity index (χ4v) is 4.28. The number of carbonyl (C=O) groups excluding carboxylic acids is 1. The second-order valence-electron chi connectivity index (χ2n) is 7.88. The smallest absolute Gasteiger partial charge is 0.233 e. The molecule has 0 radical (unpaired) electrons. The van der Waals surface area contributed by atoms with Crippen LogP contribution in [0.2, 0.25) is 0 Å². The molecule has 1 aliphatic carbocycles. The van der Waals surface area contributed by atoms with Crippen LogP contribution in [-0.2, 0) is 10.2 Å². The van der Waals surface area contributed by atoms with Gasteiger partial charge in [-0.25, -0.2) is 4.39 Å². The van der Waals surface area contributed by atoms with Crippen molar-refractivity contribution in [3.8, 4) is 0 Å². The lowest BCUT2D eigenvalue weighted by Gasteiger charge is -2.45. The molecule has 0 bridgehead atoms. The monoisotopic (exact) mass is 318 g/mol. The van der Waals surface area contributed by atoms with Crippen LogP contribution in [0.25, 0.3) is 0 Å². The zero-order valence-electron chi connectivity index (χ0n) is 14.1. The summed E-state index contributed by atoms with van der Waals surface area (Å²) < 4.78 is 14.4. The average Bonchev–Trinajstić information content (AvgIpc) is 3.00. The summed E-state index contributed by atoms with van der Waals surface area (Å²) in [6.45, 7) is 5.56. The van der Waals surface area contributed by atoms with Gasteiger partial charge in [-0.3, -0.25) is 4.79 Å². The molecule has 1 atom stereocenters. The van der Waals surface area contributed by atoms with Crippen molar-refractivity contribution < 1.29 is 9.18 Å². The van der Waals surface area contributed by atoms with Crippen molar-refractivity contribution in [1.29, 1.82) is 0 Å². The second-order valence-corrected chi connectivity index (χ2v) is 7.88. The molecule has 1 aromatic rings. The van der Waals surface area contributed by atoms with Gasteiger partial charge in [0.15, 0.2) is 0 Å². The molecule has 0 aromatic heterocycles. The first-order valence-electron chi connectivity index (χ1n) is 8.67. The number of likely N-dealkylation sites (tertiary alicyclic amines) is 1. The molecule has 3 rings (SSSR count). The Balaban J connectivity index is 1.93. The average molecular weight is 318 g/mol. The van der Waals surface area contributed by atoms with Gasteiger partial charge in [-0.1, -0.05) is 44.9 Å². The summed E-state index contributed by atoms with van der Waals surface area (Å²) >= 11 is 0. The van der Waals surface area contributed by atoms with E-state index in [1.54, 1.807) is 12.1 Å². The number of nitrogens with zero attached hydrogens (tertiary/aromatic N) is 1. The van der Waals surface area contributed by atoms with Crippen molar-refractivity contribution in [3.05, 3.63) is 35.6 Å². The van der Waals surface area contributed by atoms with E-state index in [4.69, 9.17) is 5.73 Å². The quantitative estimate of drug-likeness (QED) is 0.910. The van der Waals surface area contributed by atoms with Gasteiger partial charge in [-0.05, 0) is 30.7 Å². The summed E-state index contributed by atoms with van der Waals surface area (Å²) in [5.74, 6) is -0.157. The Morgan fingerprint density at radius 2 is 1.91 bits per heavy atom. The molecule has 126 valence electrons. The molecule has 23 heavy (non-hydrogen) atoms. The molecule has 1 saturated heterocycles. The molecule has 1 aliphatic heterocycles. The van der Waals surface area contributed by atoms with Gasteiger partial charge in [0.05, 0.1) is 5.41 Å². The molecule has 1 unspecified atom stereocenters. The standard InChI is InChI=1S/C19H27FN2O/c1-18(2)13-22(12-9-16(18)21)17(23)19(10-5-6-11-19)14-7-3-4-8-15(14)20/h3-4,7-8,16H,5-6,9-13,21H2,1-2H3. The number of hydrogen-bond acceptors (Lipinski definition) is 2. The Morgan fingerprint density at radius 3 is 2.52 bits per heavy atom. The predicted molar refractivity (Wildman–Crippen MR) is 89.5 cm³/mol. The third kappa shape index (κ3) is 2.78. The van der Waals surface area contributed by atoms with Crippen LogP contribution in [0.15, 0.2) is 24.3 Å². The van der Waals surface area contributed by atoms with E-state index >= 15 is 0 Å². The minimum absolute atomic E-state index is 0.0943. The fourth-order valence-electron chi connectivity index (χ4n) is 4.28. The van der Waals surface area contributed by atoms with Crippen LogP contribution in [0.3, 0.4) is 0 Å². The van der Waals surface area contributed by atoms with Gasteiger partial charge in [0.25, 0.3) is 0 Å². The number of amides is 1. The van der Waals surface area contributed by atoms with Gasteiger partial charge in [-0.15, -0.1) is 0 Å². The molecular formula is C19H27FN2O. The largest absolute Gasteiger partial charge is 0.341 e. The van der Waals surface area contributed by atoms with E-state index in [1.807, 2.05) is 11.0 Å². The van der Waals surface area contributed by atoms with E-state index in [9.17, 15) is 9.18 Å². The number of benzene rings is 1. The lowest BCUT2D eigenvalue weighted by Crippen LogP contribution is -2.57. The Labute approximate surface area is 138 Å². The SMILES string of the molecule is CC1(C)CN(C(=O)C2(c3ccccc3F)CCCC2)CCC1N. The maximum Gasteiger partial charge on any atom is 0.233 e. The molecule has 4 heteroatoms. The van der Waals surface area contributed by atoms with Gasteiger partial charge in [0.2, 0.25) is 5.91 Å². The molecule has 1 aromatic carbocycles. The van der Waals surface area contributed by atoms with Gasteiger partial charge < -0.3 is 10.6 Å². The first kappa shape index (κ1) is 16.4. The molecule has 1 heterocycles. The zero-order chi connectivity index (χ0) is 16.7. The van der Waals surface area contributed by atoms with Gasteiger partial charge in [-0.2, -0.15) is 0 Å². The number of carbonyl (C=O) groups is 1. The number of hydrogen-bond donors (Lipinski definition) is 1. The lowest BCUT2D eigenvalue weighted by molar-refractivity contribution is -0.141. The van der Waals surface area contributed by atoms with E-state index in [0.717, 1.165) is 32.1 Å². The van der Waals surface area contributed by atoms with E-state index in [2.05, 4.69) is 13.8 Å². The maximum atomic E-state index is 14.4. The van der Waals surface area contributed by atoms with Gasteiger partial charge >= 0.3 is 0 Å². The minimum Gasteiger partial charge on any atom is -0.341 e. The number of rotatable bonds is 2. The molecule has 2 N–H and O–H groups in total. The van der Waals surface area contributed by atoms with Crippen LogP contribution >= 0.6 is 0 Å². The molecule has 2 aliphatic rings. The Hall–Kier alpha value is -1.42. The highest BCUT2D eigenvalue weighted by molar-refractivity contribution is 5.89.